The van der Waals surface area contributed by atoms with Crippen molar-refractivity contribution in [1.82, 2.24) is 15.5 Å². The lowest BCUT2D eigenvalue weighted by Gasteiger charge is -2.29. The number of aliphatic hydroxyl groups excluding tert-OH is 1. The van der Waals surface area contributed by atoms with Crippen molar-refractivity contribution in [3.8, 4) is 0 Å². The lowest BCUT2D eigenvalue weighted by Crippen LogP contribution is -2.43. The van der Waals surface area contributed by atoms with Crippen LogP contribution in [0, 0.1) is 5.92 Å². The second-order valence-corrected chi connectivity index (χ2v) is 7.05. The highest BCUT2D eigenvalue weighted by Gasteiger charge is 2.18. The molecule has 1 saturated heterocycles. The fourth-order valence-electron chi connectivity index (χ4n) is 3.43. The zero-order chi connectivity index (χ0) is 17.4. The summed E-state index contributed by atoms with van der Waals surface area (Å²) in [6, 6.07) is 9.93. The molecule has 3 atom stereocenters. The molecule has 24 heavy (non-hydrogen) atoms. The predicted octanol–water partition coefficient (Wildman–Crippen LogP) is 2.18. The number of carbonyl (C=O) groups excluding carboxylic acids is 1. The van der Waals surface area contributed by atoms with Gasteiger partial charge in [0.15, 0.2) is 0 Å². The van der Waals surface area contributed by atoms with Gasteiger partial charge in [-0.05, 0) is 51.3 Å². The van der Waals surface area contributed by atoms with E-state index < -0.39 is 6.10 Å². The third kappa shape index (κ3) is 6.49. The van der Waals surface area contributed by atoms with E-state index in [0.717, 1.165) is 25.2 Å². The van der Waals surface area contributed by atoms with E-state index in [1.165, 1.54) is 12.8 Å². The SMILES string of the molecule is CC(O)CC(CNC(=O)NCC1CCCN(C)C1)c1ccccc1. The summed E-state index contributed by atoms with van der Waals surface area (Å²) in [5.41, 5.74) is 1.15. The molecular weight excluding hydrogens is 302 g/mol. The molecule has 0 bridgehead atoms. The van der Waals surface area contributed by atoms with E-state index in [4.69, 9.17) is 0 Å². The third-order valence-electron chi connectivity index (χ3n) is 4.68. The monoisotopic (exact) mass is 333 g/mol. The molecule has 134 valence electrons. The molecule has 1 heterocycles. The number of amides is 2. The maximum atomic E-state index is 12.1. The van der Waals surface area contributed by atoms with Crippen molar-refractivity contribution in [1.29, 1.82) is 0 Å². The van der Waals surface area contributed by atoms with Crippen molar-refractivity contribution in [3.63, 3.8) is 0 Å². The Kier molecular flexibility index (Phi) is 7.53. The molecule has 0 aromatic heterocycles. The van der Waals surface area contributed by atoms with Crippen LogP contribution >= 0.6 is 0 Å². The number of urea groups is 1. The fourth-order valence-corrected chi connectivity index (χ4v) is 3.43. The Morgan fingerprint density at radius 3 is 2.75 bits per heavy atom. The van der Waals surface area contributed by atoms with Gasteiger partial charge in [-0.25, -0.2) is 4.79 Å². The average molecular weight is 333 g/mol. The van der Waals surface area contributed by atoms with Crippen LogP contribution in [-0.4, -0.2) is 55.4 Å². The summed E-state index contributed by atoms with van der Waals surface area (Å²) >= 11 is 0. The van der Waals surface area contributed by atoms with Gasteiger partial charge in [0.1, 0.15) is 0 Å². The molecule has 1 aromatic rings. The van der Waals surface area contributed by atoms with Gasteiger partial charge in [-0.15, -0.1) is 0 Å². The van der Waals surface area contributed by atoms with E-state index in [9.17, 15) is 9.90 Å². The number of aliphatic hydroxyl groups is 1. The fraction of sp³-hybridized carbons (Fsp3) is 0.632. The number of piperidine rings is 1. The summed E-state index contributed by atoms with van der Waals surface area (Å²) in [6.45, 7) is 5.25. The van der Waals surface area contributed by atoms with Gasteiger partial charge >= 0.3 is 6.03 Å². The third-order valence-corrected chi connectivity index (χ3v) is 4.68. The first kappa shape index (κ1) is 18.7. The van der Waals surface area contributed by atoms with Crippen molar-refractivity contribution in [2.24, 2.45) is 5.92 Å². The Labute approximate surface area is 145 Å². The highest BCUT2D eigenvalue weighted by molar-refractivity contribution is 5.73. The summed E-state index contributed by atoms with van der Waals surface area (Å²) in [5.74, 6) is 0.662. The lowest BCUT2D eigenvalue weighted by atomic mass is 9.93. The Balaban J connectivity index is 1.77. The van der Waals surface area contributed by atoms with Crippen LogP contribution in [0.3, 0.4) is 0 Å². The first-order valence-corrected chi connectivity index (χ1v) is 8.98. The number of hydrogen-bond acceptors (Lipinski definition) is 3. The van der Waals surface area contributed by atoms with Crippen molar-refractivity contribution < 1.29 is 9.90 Å². The smallest absolute Gasteiger partial charge is 0.314 e. The van der Waals surface area contributed by atoms with Gasteiger partial charge in [-0.2, -0.15) is 0 Å². The predicted molar refractivity (Wildman–Crippen MR) is 97.1 cm³/mol. The van der Waals surface area contributed by atoms with Crippen molar-refractivity contribution in [2.75, 3.05) is 33.2 Å². The van der Waals surface area contributed by atoms with Gasteiger partial charge in [0.05, 0.1) is 6.10 Å². The van der Waals surface area contributed by atoms with E-state index in [2.05, 4.69) is 22.6 Å². The van der Waals surface area contributed by atoms with Crippen LogP contribution in [0.4, 0.5) is 4.79 Å². The summed E-state index contributed by atoms with van der Waals surface area (Å²) in [5, 5.41) is 15.7. The van der Waals surface area contributed by atoms with Gasteiger partial charge in [0.2, 0.25) is 0 Å². The minimum atomic E-state index is -0.391. The van der Waals surface area contributed by atoms with Crippen LogP contribution in [0.1, 0.15) is 37.7 Å². The van der Waals surface area contributed by atoms with Crippen molar-refractivity contribution in [3.05, 3.63) is 35.9 Å². The topological polar surface area (TPSA) is 64.6 Å². The second kappa shape index (κ2) is 9.64. The number of benzene rings is 1. The molecule has 1 fully saturated rings. The largest absolute Gasteiger partial charge is 0.393 e. The quantitative estimate of drug-likeness (QED) is 0.717. The Morgan fingerprint density at radius 1 is 1.33 bits per heavy atom. The number of rotatable bonds is 7. The van der Waals surface area contributed by atoms with E-state index in [-0.39, 0.29) is 11.9 Å². The molecule has 0 radical (unpaired) electrons. The molecule has 1 aliphatic rings. The van der Waals surface area contributed by atoms with E-state index in [0.29, 0.717) is 18.9 Å². The van der Waals surface area contributed by atoms with Gasteiger partial charge < -0.3 is 20.6 Å². The van der Waals surface area contributed by atoms with Gasteiger partial charge in [-0.1, -0.05) is 30.3 Å². The second-order valence-electron chi connectivity index (χ2n) is 7.05. The maximum Gasteiger partial charge on any atom is 0.314 e. The molecule has 1 aliphatic heterocycles. The molecule has 0 spiro atoms. The Hall–Kier alpha value is -1.59. The molecular formula is C19H31N3O2. The van der Waals surface area contributed by atoms with Crippen LogP contribution in [0.2, 0.25) is 0 Å². The normalized spacial score (nSPS) is 21.0. The molecule has 5 heteroatoms. The number of carbonyl (C=O) groups is 1. The zero-order valence-corrected chi connectivity index (χ0v) is 14.9. The Morgan fingerprint density at radius 2 is 2.08 bits per heavy atom. The standard InChI is InChI=1S/C19H31N3O2/c1-15(23)11-18(17-8-4-3-5-9-17)13-21-19(24)20-12-16-7-6-10-22(2)14-16/h3-5,8-9,15-16,18,23H,6-7,10-14H2,1-2H3,(H2,20,21,24). The number of hydrogen-bond donors (Lipinski definition) is 3. The Bertz CT molecular complexity index is 493. The number of nitrogens with one attached hydrogen (secondary N) is 2. The number of likely N-dealkylation sites (tertiary alicyclic amines) is 1. The lowest BCUT2D eigenvalue weighted by molar-refractivity contribution is 0.173. The zero-order valence-electron chi connectivity index (χ0n) is 14.9. The first-order valence-electron chi connectivity index (χ1n) is 8.98. The summed E-state index contributed by atoms with van der Waals surface area (Å²) < 4.78 is 0. The molecule has 5 nitrogen and oxygen atoms in total. The van der Waals surface area contributed by atoms with Crippen LogP contribution in [-0.2, 0) is 0 Å². The molecule has 3 unspecified atom stereocenters. The first-order chi connectivity index (χ1) is 11.5. The van der Waals surface area contributed by atoms with E-state index >= 15 is 0 Å². The molecule has 1 aromatic carbocycles. The minimum absolute atomic E-state index is 0.116. The highest BCUT2D eigenvalue weighted by atomic mass is 16.3. The molecule has 2 amide bonds. The average Bonchev–Trinajstić information content (AvgIpc) is 2.57. The van der Waals surface area contributed by atoms with Crippen LogP contribution in [0.5, 0.6) is 0 Å². The highest BCUT2D eigenvalue weighted by Crippen LogP contribution is 2.20. The van der Waals surface area contributed by atoms with Crippen LogP contribution in [0.25, 0.3) is 0 Å². The van der Waals surface area contributed by atoms with Gasteiger partial charge in [-0.3, -0.25) is 0 Å². The summed E-state index contributed by atoms with van der Waals surface area (Å²) in [4.78, 5) is 14.4. The van der Waals surface area contributed by atoms with Crippen LogP contribution < -0.4 is 10.6 Å². The summed E-state index contributed by atoms with van der Waals surface area (Å²) in [6.07, 6.45) is 2.63. The van der Waals surface area contributed by atoms with Gasteiger partial charge in [0.25, 0.3) is 0 Å². The molecule has 0 aliphatic carbocycles. The van der Waals surface area contributed by atoms with E-state index in [1.54, 1.807) is 6.92 Å². The van der Waals surface area contributed by atoms with Crippen molar-refractivity contribution >= 4 is 6.03 Å². The maximum absolute atomic E-state index is 12.1. The van der Waals surface area contributed by atoms with Crippen LogP contribution in [0.15, 0.2) is 30.3 Å². The minimum Gasteiger partial charge on any atom is -0.393 e. The molecule has 2 rings (SSSR count). The van der Waals surface area contributed by atoms with Crippen molar-refractivity contribution in [2.45, 2.75) is 38.2 Å². The van der Waals surface area contributed by atoms with Gasteiger partial charge in [0, 0.05) is 25.6 Å². The number of nitrogens with zero attached hydrogens (tertiary/aromatic N) is 1. The summed E-state index contributed by atoms with van der Waals surface area (Å²) in [7, 11) is 2.13. The van der Waals surface area contributed by atoms with E-state index in [1.807, 2.05) is 30.3 Å². The molecule has 0 saturated carbocycles. The molecule has 3 N–H and O–H groups in total.